The van der Waals surface area contributed by atoms with E-state index in [0.717, 1.165) is 13.0 Å². The lowest BCUT2D eigenvalue weighted by atomic mass is 10.1. The van der Waals surface area contributed by atoms with Crippen molar-refractivity contribution >= 4 is 8.60 Å². The zero-order valence-corrected chi connectivity index (χ0v) is 24.2. The van der Waals surface area contributed by atoms with Gasteiger partial charge in [-0.25, -0.2) is 0 Å². The second-order valence-electron chi connectivity index (χ2n) is 9.80. The maximum Gasteiger partial charge on any atom is 0.330 e. The summed E-state index contributed by atoms with van der Waals surface area (Å²) in [6, 6.07) is 0. The fourth-order valence-corrected chi connectivity index (χ4v) is 4.74. The Bertz CT molecular complexity index is 393. The third-order valence-electron chi connectivity index (χ3n) is 6.42. The fraction of sp³-hybridized carbons (Fsp3) is 0.931. The second-order valence-corrected chi connectivity index (χ2v) is 10.8. The van der Waals surface area contributed by atoms with Gasteiger partial charge in [-0.15, -0.1) is 0 Å². The van der Waals surface area contributed by atoms with Gasteiger partial charge in [-0.1, -0.05) is 136 Å². The lowest BCUT2D eigenvalue weighted by molar-refractivity contribution is 0.210. The molecule has 1 unspecified atom stereocenters. The molecule has 0 saturated carbocycles. The van der Waals surface area contributed by atoms with E-state index in [1.54, 1.807) is 0 Å². The lowest BCUT2D eigenvalue weighted by Crippen LogP contribution is -2.26. The monoisotopic (exact) mass is 501 g/mol. The van der Waals surface area contributed by atoms with Crippen molar-refractivity contribution in [1.82, 2.24) is 4.90 Å². The first-order chi connectivity index (χ1) is 16.7. The van der Waals surface area contributed by atoms with Crippen molar-refractivity contribution in [1.29, 1.82) is 0 Å². The van der Waals surface area contributed by atoms with E-state index >= 15 is 0 Å². The van der Waals surface area contributed by atoms with Crippen LogP contribution in [-0.4, -0.2) is 42.6 Å². The van der Waals surface area contributed by atoms with Crippen molar-refractivity contribution in [2.45, 2.75) is 143 Å². The van der Waals surface area contributed by atoms with Gasteiger partial charge in [0, 0.05) is 6.54 Å². The summed E-state index contributed by atoms with van der Waals surface area (Å²) in [4.78, 5) is 12.5. The fourth-order valence-electron chi connectivity index (χ4n) is 4.16. The number of hydrogen-bond donors (Lipinski definition) is 1. The van der Waals surface area contributed by atoms with Crippen molar-refractivity contribution in [3.8, 4) is 0 Å². The molecule has 0 aromatic rings. The topological polar surface area (TPSA) is 41.9 Å². The van der Waals surface area contributed by atoms with Crippen LogP contribution in [0.25, 0.3) is 0 Å². The quantitative estimate of drug-likeness (QED) is 0.0658. The summed E-state index contributed by atoms with van der Waals surface area (Å²) in [7, 11) is -1.74. The normalized spacial score (nSPS) is 12.9. The zero-order valence-electron chi connectivity index (χ0n) is 23.3. The van der Waals surface area contributed by atoms with Crippen molar-refractivity contribution in [3.63, 3.8) is 0 Å². The van der Waals surface area contributed by atoms with Crippen LogP contribution < -0.4 is 0 Å². The Morgan fingerprint density at radius 2 is 1.00 bits per heavy atom. The SMILES string of the molecule is CCCCCCCCCOP(O)OC/C=C/CN(CCCCCCCC)CCCCCCCC. The Kier molecular flexibility index (Phi) is 29.3. The summed E-state index contributed by atoms with van der Waals surface area (Å²) in [6.07, 6.45) is 29.2. The molecule has 34 heavy (non-hydrogen) atoms. The number of rotatable bonds is 28. The van der Waals surface area contributed by atoms with Crippen LogP contribution in [0.2, 0.25) is 0 Å². The van der Waals surface area contributed by atoms with E-state index < -0.39 is 8.60 Å². The minimum absolute atomic E-state index is 0.432. The molecule has 1 atom stereocenters. The van der Waals surface area contributed by atoms with Gasteiger partial charge in [-0.05, 0) is 32.4 Å². The predicted octanol–water partition coefficient (Wildman–Crippen LogP) is 9.57. The smallest absolute Gasteiger partial charge is 0.328 e. The van der Waals surface area contributed by atoms with Crippen LogP contribution in [0.3, 0.4) is 0 Å². The predicted molar refractivity (Wildman–Crippen MR) is 151 cm³/mol. The molecule has 0 fully saturated rings. The summed E-state index contributed by atoms with van der Waals surface area (Å²) in [5.41, 5.74) is 0. The molecular formula is C29H60NO3P. The third kappa shape index (κ3) is 26.6. The van der Waals surface area contributed by atoms with Gasteiger partial charge in [0.25, 0.3) is 0 Å². The van der Waals surface area contributed by atoms with Crippen molar-refractivity contribution in [2.75, 3.05) is 32.8 Å². The summed E-state index contributed by atoms with van der Waals surface area (Å²) in [6.45, 7) is 11.2. The first-order valence-corrected chi connectivity index (χ1v) is 16.0. The van der Waals surface area contributed by atoms with Gasteiger partial charge in [0.05, 0.1) is 13.2 Å². The van der Waals surface area contributed by atoms with Gasteiger partial charge >= 0.3 is 8.60 Å². The van der Waals surface area contributed by atoms with Crippen LogP contribution in [0.4, 0.5) is 0 Å². The number of unbranched alkanes of at least 4 members (excludes halogenated alkanes) is 16. The van der Waals surface area contributed by atoms with Crippen LogP contribution in [0.1, 0.15) is 143 Å². The van der Waals surface area contributed by atoms with Gasteiger partial charge in [0.2, 0.25) is 0 Å². The molecule has 0 heterocycles. The number of nitrogens with zero attached hydrogens (tertiary/aromatic N) is 1. The molecule has 1 N–H and O–H groups in total. The van der Waals surface area contributed by atoms with Gasteiger partial charge in [-0.3, -0.25) is 4.90 Å². The van der Waals surface area contributed by atoms with E-state index in [1.165, 1.54) is 129 Å². The van der Waals surface area contributed by atoms with E-state index in [-0.39, 0.29) is 0 Å². The largest absolute Gasteiger partial charge is 0.330 e. The van der Waals surface area contributed by atoms with Crippen LogP contribution in [0, 0.1) is 0 Å². The molecular weight excluding hydrogens is 441 g/mol. The maximum absolute atomic E-state index is 9.92. The molecule has 5 heteroatoms. The molecule has 0 amide bonds. The van der Waals surface area contributed by atoms with Gasteiger partial charge in [0.15, 0.2) is 0 Å². The van der Waals surface area contributed by atoms with Crippen LogP contribution in [0.5, 0.6) is 0 Å². The first-order valence-electron chi connectivity index (χ1n) is 14.9. The molecule has 0 aliphatic heterocycles. The highest BCUT2D eigenvalue weighted by Gasteiger charge is 2.06. The molecule has 0 saturated heterocycles. The van der Waals surface area contributed by atoms with Crippen molar-refractivity contribution in [3.05, 3.63) is 12.2 Å². The van der Waals surface area contributed by atoms with Crippen LogP contribution >= 0.6 is 8.60 Å². The van der Waals surface area contributed by atoms with Gasteiger partial charge in [-0.2, -0.15) is 0 Å². The molecule has 0 aromatic heterocycles. The highest BCUT2D eigenvalue weighted by molar-refractivity contribution is 7.40. The Balaban J connectivity index is 3.93. The first kappa shape index (κ1) is 34.0. The van der Waals surface area contributed by atoms with Crippen molar-refractivity contribution in [2.24, 2.45) is 0 Å². The average molecular weight is 502 g/mol. The molecule has 0 bridgehead atoms. The average Bonchev–Trinajstić information content (AvgIpc) is 2.84. The molecule has 4 nitrogen and oxygen atoms in total. The van der Waals surface area contributed by atoms with E-state index in [2.05, 4.69) is 31.7 Å². The minimum atomic E-state index is -1.74. The highest BCUT2D eigenvalue weighted by atomic mass is 31.2. The molecule has 204 valence electrons. The van der Waals surface area contributed by atoms with Gasteiger partial charge < -0.3 is 13.9 Å². The van der Waals surface area contributed by atoms with E-state index in [0.29, 0.717) is 13.2 Å². The summed E-state index contributed by atoms with van der Waals surface area (Å²) in [5.74, 6) is 0. The summed E-state index contributed by atoms with van der Waals surface area (Å²) >= 11 is 0. The Morgan fingerprint density at radius 1 is 0.559 bits per heavy atom. The Hall–Kier alpha value is 0.0100. The molecule has 0 aliphatic carbocycles. The molecule has 0 radical (unpaired) electrons. The maximum atomic E-state index is 9.92. The van der Waals surface area contributed by atoms with Crippen LogP contribution in [-0.2, 0) is 9.05 Å². The molecule has 0 rings (SSSR count). The standard InChI is InChI=1S/C29H60NO3P/c1-4-7-10-13-16-19-23-28-32-34(31)33-29-24-22-27-30(25-20-17-14-11-8-5-2)26-21-18-15-12-9-6-3/h22,24,31H,4-21,23,25-29H2,1-3H3/b24-22+. The third-order valence-corrected chi connectivity index (χ3v) is 7.19. The summed E-state index contributed by atoms with van der Waals surface area (Å²) < 4.78 is 10.9. The zero-order chi connectivity index (χ0) is 25.0. The Labute approximate surface area is 215 Å². The number of hydrogen-bond acceptors (Lipinski definition) is 4. The van der Waals surface area contributed by atoms with E-state index in [1.807, 2.05) is 6.08 Å². The molecule has 0 aliphatic rings. The van der Waals surface area contributed by atoms with Gasteiger partial charge in [0.1, 0.15) is 0 Å². The van der Waals surface area contributed by atoms with Crippen LogP contribution in [0.15, 0.2) is 12.2 Å². The summed E-state index contributed by atoms with van der Waals surface area (Å²) in [5, 5.41) is 0. The van der Waals surface area contributed by atoms with Crippen molar-refractivity contribution < 1.29 is 13.9 Å². The second kappa shape index (κ2) is 29.2. The minimum Gasteiger partial charge on any atom is -0.328 e. The molecule has 0 spiro atoms. The lowest BCUT2D eigenvalue weighted by Gasteiger charge is -2.20. The highest BCUT2D eigenvalue weighted by Crippen LogP contribution is 2.32. The molecule has 0 aromatic carbocycles. The Morgan fingerprint density at radius 3 is 1.50 bits per heavy atom. The van der Waals surface area contributed by atoms with E-state index in [9.17, 15) is 4.89 Å². The van der Waals surface area contributed by atoms with E-state index in [4.69, 9.17) is 9.05 Å².